The first-order chi connectivity index (χ1) is 12.3. The smallest absolute Gasteiger partial charge is 0.254 e. The van der Waals surface area contributed by atoms with Crippen LogP contribution in [0.4, 0.5) is 5.69 Å². The molecular formula is C22H28N2O2. The number of carbonyl (C=O) groups excluding carboxylic acids is 2. The van der Waals surface area contributed by atoms with Gasteiger partial charge in [-0.15, -0.1) is 0 Å². The van der Waals surface area contributed by atoms with Crippen molar-refractivity contribution in [3.8, 4) is 0 Å². The van der Waals surface area contributed by atoms with Crippen LogP contribution in [0.2, 0.25) is 0 Å². The predicted molar refractivity (Wildman–Crippen MR) is 107 cm³/mol. The molecule has 0 aliphatic carbocycles. The summed E-state index contributed by atoms with van der Waals surface area (Å²) in [5.41, 5.74) is 4.52. The van der Waals surface area contributed by atoms with E-state index in [2.05, 4.69) is 5.32 Å². The summed E-state index contributed by atoms with van der Waals surface area (Å²) in [5, 5.41) is 2.95. The topological polar surface area (TPSA) is 49.4 Å². The zero-order valence-corrected chi connectivity index (χ0v) is 16.3. The molecule has 0 saturated heterocycles. The molecule has 1 atom stereocenters. The molecule has 138 valence electrons. The Bertz CT molecular complexity index is 798. The number of hydrogen-bond donors (Lipinski definition) is 1. The molecule has 2 aromatic rings. The number of hydrogen-bond acceptors (Lipinski definition) is 2. The zero-order valence-electron chi connectivity index (χ0n) is 16.3. The normalized spacial score (nSPS) is 11.7. The number of amides is 2. The first-order valence-electron chi connectivity index (χ1n) is 9.07. The van der Waals surface area contributed by atoms with Crippen molar-refractivity contribution in [2.45, 2.75) is 47.1 Å². The Balaban J connectivity index is 2.20. The highest BCUT2D eigenvalue weighted by molar-refractivity contribution is 6.00. The molecule has 0 bridgehead atoms. The van der Waals surface area contributed by atoms with E-state index in [4.69, 9.17) is 0 Å². The maximum absolute atomic E-state index is 13.0. The molecule has 1 N–H and O–H groups in total. The van der Waals surface area contributed by atoms with Crippen LogP contribution >= 0.6 is 0 Å². The molecule has 2 aromatic carbocycles. The molecule has 0 radical (unpaired) electrons. The molecule has 0 fully saturated rings. The van der Waals surface area contributed by atoms with Crippen LogP contribution in [0.5, 0.6) is 0 Å². The minimum absolute atomic E-state index is 0.0218. The molecule has 0 spiro atoms. The Morgan fingerprint density at radius 3 is 2.31 bits per heavy atom. The van der Waals surface area contributed by atoms with E-state index in [1.165, 1.54) is 0 Å². The molecule has 0 aromatic heterocycles. The molecular weight excluding hydrogens is 324 g/mol. The molecule has 0 heterocycles. The number of nitrogens with zero attached hydrogens (tertiary/aromatic N) is 1. The van der Waals surface area contributed by atoms with Crippen molar-refractivity contribution in [3.63, 3.8) is 0 Å². The third-order valence-corrected chi connectivity index (χ3v) is 4.95. The summed E-state index contributed by atoms with van der Waals surface area (Å²) in [7, 11) is 0. The van der Waals surface area contributed by atoms with Crippen molar-refractivity contribution >= 4 is 17.5 Å². The van der Waals surface area contributed by atoms with Crippen LogP contribution in [0.25, 0.3) is 0 Å². The minimum atomic E-state index is -0.180. The van der Waals surface area contributed by atoms with Crippen LogP contribution in [0.15, 0.2) is 42.5 Å². The van der Waals surface area contributed by atoms with Crippen molar-refractivity contribution in [1.82, 2.24) is 4.90 Å². The summed E-state index contributed by atoms with van der Waals surface area (Å²) in [6, 6.07) is 13.3. The third kappa shape index (κ3) is 4.51. The Kier molecular flexibility index (Phi) is 6.56. The standard InChI is InChI=1S/C22H28N2O2/c1-6-17(4)24(22(26)19-12-8-7-10-16(19)3)14-21(25)23-20-13-9-11-15(2)18(20)5/h7-13,17H,6,14H2,1-5H3,(H,23,25). The summed E-state index contributed by atoms with van der Waals surface area (Å²) in [4.78, 5) is 27.3. The first kappa shape index (κ1) is 19.7. The highest BCUT2D eigenvalue weighted by atomic mass is 16.2. The van der Waals surface area contributed by atoms with Crippen molar-refractivity contribution in [2.75, 3.05) is 11.9 Å². The van der Waals surface area contributed by atoms with Crippen LogP contribution in [-0.2, 0) is 4.79 Å². The average Bonchev–Trinajstić information content (AvgIpc) is 2.63. The molecule has 0 aliphatic rings. The maximum atomic E-state index is 13.0. The second kappa shape index (κ2) is 8.65. The van der Waals surface area contributed by atoms with Gasteiger partial charge in [-0.25, -0.2) is 0 Å². The van der Waals surface area contributed by atoms with E-state index in [9.17, 15) is 9.59 Å². The second-order valence-corrected chi connectivity index (χ2v) is 6.80. The lowest BCUT2D eigenvalue weighted by Gasteiger charge is -2.29. The summed E-state index contributed by atoms with van der Waals surface area (Å²) in [5.74, 6) is -0.283. The van der Waals surface area contributed by atoms with Crippen molar-refractivity contribution in [3.05, 3.63) is 64.7 Å². The summed E-state index contributed by atoms with van der Waals surface area (Å²) >= 11 is 0. The van der Waals surface area contributed by atoms with Crippen LogP contribution in [-0.4, -0.2) is 29.3 Å². The monoisotopic (exact) mass is 352 g/mol. The Morgan fingerprint density at radius 1 is 1.00 bits per heavy atom. The van der Waals surface area contributed by atoms with Gasteiger partial charge in [-0.05, 0) is 62.9 Å². The number of benzene rings is 2. The molecule has 4 heteroatoms. The lowest BCUT2D eigenvalue weighted by Crippen LogP contribution is -2.43. The second-order valence-electron chi connectivity index (χ2n) is 6.80. The van der Waals surface area contributed by atoms with Crippen molar-refractivity contribution < 1.29 is 9.59 Å². The Labute approximate surface area is 156 Å². The molecule has 2 rings (SSSR count). The number of nitrogens with one attached hydrogen (secondary N) is 1. The van der Waals surface area contributed by atoms with E-state index < -0.39 is 0 Å². The fraction of sp³-hybridized carbons (Fsp3) is 0.364. The van der Waals surface area contributed by atoms with E-state index in [-0.39, 0.29) is 24.4 Å². The predicted octanol–water partition coefficient (Wildman–Crippen LogP) is 4.49. The van der Waals surface area contributed by atoms with E-state index in [1.807, 2.05) is 77.1 Å². The van der Waals surface area contributed by atoms with E-state index in [1.54, 1.807) is 4.90 Å². The SMILES string of the molecule is CCC(C)N(CC(=O)Nc1cccc(C)c1C)C(=O)c1ccccc1C. The summed E-state index contributed by atoms with van der Waals surface area (Å²) in [6.45, 7) is 9.94. The molecule has 26 heavy (non-hydrogen) atoms. The van der Waals surface area contributed by atoms with Gasteiger partial charge in [-0.2, -0.15) is 0 Å². The number of aryl methyl sites for hydroxylation is 2. The van der Waals surface area contributed by atoms with E-state index in [0.717, 1.165) is 28.8 Å². The number of carbonyl (C=O) groups is 2. The largest absolute Gasteiger partial charge is 0.327 e. The zero-order chi connectivity index (χ0) is 19.3. The third-order valence-electron chi connectivity index (χ3n) is 4.95. The first-order valence-corrected chi connectivity index (χ1v) is 9.07. The van der Waals surface area contributed by atoms with Crippen molar-refractivity contribution in [1.29, 1.82) is 0 Å². The Morgan fingerprint density at radius 2 is 1.65 bits per heavy atom. The minimum Gasteiger partial charge on any atom is -0.327 e. The van der Waals surface area contributed by atoms with Gasteiger partial charge in [0.05, 0.1) is 0 Å². The molecule has 4 nitrogen and oxygen atoms in total. The fourth-order valence-electron chi connectivity index (χ4n) is 2.85. The summed E-state index contributed by atoms with van der Waals surface area (Å²) in [6.07, 6.45) is 0.786. The van der Waals surface area contributed by atoms with Gasteiger partial charge in [0.15, 0.2) is 0 Å². The maximum Gasteiger partial charge on any atom is 0.254 e. The Hall–Kier alpha value is -2.62. The van der Waals surface area contributed by atoms with Crippen molar-refractivity contribution in [2.24, 2.45) is 0 Å². The highest BCUT2D eigenvalue weighted by Gasteiger charge is 2.24. The van der Waals surface area contributed by atoms with Gasteiger partial charge in [0.25, 0.3) is 5.91 Å². The lowest BCUT2D eigenvalue weighted by molar-refractivity contribution is -0.117. The van der Waals surface area contributed by atoms with E-state index in [0.29, 0.717) is 5.56 Å². The summed E-state index contributed by atoms with van der Waals surface area (Å²) < 4.78 is 0. The molecule has 1 unspecified atom stereocenters. The van der Waals surface area contributed by atoms with Gasteiger partial charge in [-0.3, -0.25) is 9.59 Å². The molecule has 0 aliphatic heterocycles. The number of rotatable bonds is 6. The van der Waals surface area contributed by atoms with E-state index >= 15 is 0 Å². The quantitative estimate of drug-likeness (QED) is 0.832. The number of anilines is 1. The van der Waals surface area contributed by atoms with Gasteiger partial charge in [0, 0.05) is 17.3 Å². The van der Waals surface area contributed by atoms with Gasteiger partial charge in [-0.1, -0.05) is 37.3 Å². The molecule has 2 amide bonds. The van der Waals surface area contributed by atoms with Crippen LogP contribution in [0, 0.1) is 20.8 Å². The van der Waals surface area contributed by atoms with Crippen LogP contribution < -0.4 is 5.32 Å². The lowest BCUT2D eigenvalue weighted by atomic mass is 10.1. The van der Waals surface area contributed by atoms with Crippen LogP contribution in [0.3, 0.4) is 0 Å². The fourth-order valence-corrected chi connectivity index (χ4v) is 2.85. The average molecular weight is 352 g/mol. The van der Waals surface area contributed by atoms with Gasteiger partial charge >= 0.3 is 0 Å². The van der Waals surface area contributed by atoms with Gasteiger partial charge in [0.2, 0.25) is 5.91 Å². The molecule has 0 saturated carbocycles. The van der Waals surface area contributed by atoms with Crippen LogP contribution in [0.1, 0.15) is 47.3 Å². The van der Waals surface area contributed by atoms with Gasteiger partial charge < -0.3 is 10.2 Å². The van der Waals surface area contributed by atoms with Gasteiger partial charge in [0.1, 0.15) is 6.54 Å². The highest BCUT2D eigenvalue weighted by Crippen LogP contribution is 2.19.